The van der Waals surface area contributed by atoms with E-state index in [9.17, 15) is 18.0 Å². The molecule has 1 aromatic rings. The Bertz CT molecular complexity index is 595. The topological polar surface area (TPSA) is 49.6 Å². The maximum Gasteiger partial charge on any atom is 0.416 e. The molecule has 4 nitrogen and oxygen atoms in total. The number of carbonyl (C=O) groups excluding carboxylic acids is 1. The van der Waals surface area contributed by atoms with Crippen LogP contribution in [-0.4, -0.2) is 47.9 Å². The van der Waals surface area contributed by atoms with Gasteiger partial charge in [0.15, 0.2) is 0 Å². The van der Waals surface area contributed by atoms with Crippen LogP contribution in [0.15, 0.2) is 24.3 Å². The summed E-state index contributed by atoms with van der Waals surface area (Å²) < 4.78 is 37.9. The van der Waals surface area contributed by atoms with Gasteiger partial charge in [0.25, 0.3) is 0 Å². The van der Waals surface area contributed by atoms with E-state index in [2.05, 4.69) is 4.90 Å². The first-order chi connectivity index (χ1) is 12.2. The molecule has 1 amide bonds. The highest BCUT2D eigenvalue weighted by molar-refractivity contribution is 5.85. The largest absolute Gasteiger partial charge is 0.416 e. The molecule has 8 heteroatoms. The molecule has 27 heavy (non-hydrogen) atoms. The highest BCUT2D eigenvalue weighted by Crippen LogP contribution is 2.29. The van der Waals surface area contributed by atoms with Crippen LogP contribution in [0, 0.1) is 5.92 Å². The fourth-order valence-corrected chi connectivity index (χ4v) is 3.11. The number of benzene rings is 1. The third-order valence-electron chi connectivity index (χ3n) is 5.13. The van der Waals surface area contributed by atoms with Gasteiger partial charge in [-0.25, -0.2) is 0 Å². The minimum atomic E-state index is -4.31. The highest BCUT2D eigenvalue weighted by atomic mass is 35.5. The SMILES string of the molecule is CCC(C)C(N)C(=O)N1CCCN(Cc2ccc(C(F)(F)F)cc2)CC1.Cl. The Morgan fingerprint density at radius 3 is 2.33 bits per heavy atom. The summed E-state index contributed by atoms with van der Waals surface area (Å²) in [5.41, 5.74) is 6.27. The molecule has 0 aliphatic carbocycles. The average molecular weight is 408 g/mol. The summed E-state index contributed by atoms with van der Waals surface area (Å²) in [7, 11) is 0. The molecule has 1 saturated heterocycles. The van der Waals surface area contributed by atoms with E-state index >= 15 is 0 Å². The first kappa shape index (κ1) is 23.7. The number of carbonyl (C=O) groups is 1. The van der Waals surface area contributed by atoms with Gasteiger partial charge in [0, 0.05) is 32.7 Å². The van der Waals surface area contributed by atoms with Gasteiger partial charge >= 0.3 is 6.18 Å². The maximum atomic E-state index is 12.6. The molecule has 2 N–H and O–H groups in total. The number of rotatable bonds is 5. The number of hydrogen-bond acceptors (Lipinski definition) is 3. The van der Waals surface area contributed by atoms with Crippen LogP contribution in [0.25, 0.3) is 0 Å². The van der Waals surface area contributed by atoms with Crippen molar-refractivity contribution < 1.29 is 18.0 Å². The fraction of sp³-hybridized carbons (Fsp3) is 0.632. The Balaban J connectivity index is 0.00000364. The molecule has 0 aromatic heterocycles. The van der Waals surface area contributed by atoms with Gasteiger partial charge in [-0.2, -0.15) is 13.2 Å². The van der Waals surface area contributed by atoms with Gasteiger partial charge in [0.2, 0.25) is 5.91 Å². The van der Waals surface area contributed by atoms with Crippen LogP contribution in [0.1, 0.15) is 37.8 Å². The molecule has 2 unspecified atom stereocenters. The summed E-state index contributed by atoms with van der Waals surface area (Å²) in [4.78, 5) is 16.5. The number of halogens is 4. The summed E-state index contributed by atoms with van der Waals surface area (Å²) in [6.07, 6.45) is -2.61. The molecule has 2 atom stereocenters. The van der Waals surface area contributed by atoms with Crippen LogP contribution in [0.5, 0.6) is 0 Å². The summed E-state index contributed by atoms with van der Waals surface area (Å²) >= 11 is 0. The standard InChI is InChI=1S/C19H28F3N3O.ClH/c1-3-14(2)17(23)18(26)25-10-4-9-24(11-12-25)13-15-5-7-16(8-6-15)19(20,21)22;/h5-8,14,17H,3-4,9-13,23H2,1-2H3;1H. The molecular weight excluding hydrogens is 379 g/mol. The molecule has 0 saturated carbocycles. The maximum absolute atomic E-state index is 12.6. The smallest absolute Gasteiger partial charge is 0.340 e. The van der Waals surface area contributed by atoms with E-state index in [4.69, 9.17) is 5.73 Å². The molecule has 0 radical (unpaired) electrons. The predicted molar refractivity (Wildman–Crippen MR) is 103 cm³/mol. The van der Waals surface area contributed by atoms with Crippen LogP contribution in [0.4, 0.5) is 13.2 Å². The summed E-state index contributed by atoms with van der Waals surface area (Å²) in [6, 6.07) is 4.81. The molecule has 0 spiro atoms. The van der Waals surface area contributed by atoms with E-state index in [0.29, 0.717) is 26.2 Å². The number of amides is 1. The second kappa shape index (κ2) is 10.3. The van der Waals surface area contributed by atoms with Crippen LogP contribution in [0.3, 0.4) is 0 Å². The second-order valence-corrected chi connectivity index (χ2v) is 7.06. The molecule has 154 valence electrons. The lowest BCUT2D eigenvalue weighted by Crippen LogP contribution is -2.48. The van der Waals surface area contributed by atoms with E-state index in [1.807, 2.05) is 18.7 Å². The first-order valence-corrected chi connectivity index (χ1v) is 9.15. The third kappa shape index (κ3) is 6.66. The summed E-state index contributed by atoms with van der Waals surface area (Å²) in [5, 5.41) is 0. The number of alkyl halides is 3. The molecule has 1 heterocycles. The minimum absolute atomic E-state index is 0. The average Bonchev–Trinajstić information content (AvgIpc) is 2.85. The fourth-order valence-electron chi connectivity index (χ4n) is 3.11. The quantitative estimate of drug-likeness (QED) is 0.812. The zero-order valence-electron chi connectivity index (χ0n) is 15.8. The second-order valence-electron chi connectivity index (χ2n) is 7.06. The van der Waals surface area contributed by atoms with Crippen molar-refractivity contribution in [1.29, 1.82) is 0 Å². The number of nitrogens with zero attached hydrogens (tertiary/aromatic N) is 2. The lowest BCUT2D eigenvalue weighted by atomic mass is 9.99. The number of hydrogen-bond donors (Lipinski definition) is 1. The van der Waals surface area contributed by atoms with Crippen LogP contribution in [0.2, 0.25) is 0 Å². The molecule has 0 bridgehead atoms. The Morgan fingerprint density at radius 2 is 1.78 bits per heavy atom. The van der Waals surface area contributed by atoms with E-state index in [1.54, 1.807) is 0 Å². The summed E-state index contributed by atoms with van der Waals surface area (Å²) in [5.74, 6) is 0.143. The minimum Gasteiger partial charge on any atom is -0.340 e. The molecule has 1 aromatic carbocycles. The van der Waals surface area contributed by atoms with Gasteiger partial charge in [0.05, 0.1) is 11.6 Å². The summed E-state index contributed by atoms with van der Waals surface area (Å²) in [6.45, 7) is 7.36. The first-order valence-electron chi connectivity index (χ1n) is 9.15. The lowest BCUT2D eigenvalue weighted by molar-refractivity contribution is -0.137. The van der Waals surface area contributed by atoms with Crippen molar-refractivity contribution in [1.82, 2.24) is 9.80 Å². The molecular formula is C19H29ClF3N3O. The van der Waals surface area contributed by atoms with Crippen LogP contribution in [-0.2, 0) is 17.5 Å². The lowest BCUT2D eigenvalue weighted by Gasteiger charge is -2.27. The van der Waals surface area contributed by atoms with Crippen molar-refractivity contribution in [3.63, 3.8) is 0 Å². The van der Waals surface area contributed by atoms with Gasteiger partial charge in [-0.05, 0) is 30.0 Å². The zero-order chi connectivity index (χ0) is 19.3. The van der Waals surface area contributed by atoms with Crippen LogP contribution >= 0.6 is 12.4 Å². The Labute approximate surface area is 165 Å². The third-order valence-corrected chi connectivity index (χ3v) is 5.13. The normalized spacial score (nSPS) is 18.4. The zero-order valence-corrected chi connectivity index (χ0v) is 16.7. The van der Waals surface area contributed by atoms with Gasteiger partial charge in [0.1, 0.15) is 0 Å². The van der Waals surface area contributed by atoms with E-state index in [1.165, 1.54) is 12.1 Å². The van der Waals surface area contributed by atoms with E-state index in [0.717, 1.165) is 37.1 Å². The van der Waals surface area contributed by atoms with Crippen molar-refractivity contribution >= 4 is 18.3 Å². The van der Waals surface area contributed by atoms with Gasteiger partial charge < -0.3 is 10.6 Å². The Kier molecular flexibility index (Phi) is 9.05. The van der Waals surface area contributed by atoms with Crippen molar-refractivity contribution in [3.05, 3.63) is 35.4 Å². The highest BCUT2D eigenvalue weighted by Gasteiger charge is 2.30. The van der Waals surface area contributed by atoms with Crippen molar-refractivity contribution in [3.8, 4) is 0 Å². The molecule has 2 rings (SSSR count). The van der Waals surface area contributed by atoms with Crippen molar-refractivity contribution in [2.75, 3.05) is 26.2 Å². The van der Waals surface area contributed by atoms with Gasteiger partial charge in [-0.3, -0.25) is 9.69 Å². The van der Waals surface area contributed by atoms with Crippen LogP contribution < -0.4 is 5.73 Å². The monoisotopic (exact) mass is 407 g/mol. The Hall–Kier alpha value is -1.31. The molecule has 1 aliphatic heterocycles. The van der Waals surface area contributed by atoms with Gasteiger partial charge in [-0.15, -0.1) is 12.4 Å². The molecule has 1 aliphatic rings. The molecule has 1 fully saturated rings. The van der Waals surface area contributed by atoms with Gasteiger partial charge in [-0.1, -0.05) is 32.4 Å². The van der Waals surface area contributed by atoms with Crippen molar-refractivity contribution in [2.24, 2.45) is 11.7 Å². The Morgan fingerprint density at radius 1 is 1.15 bits per heavy atom. The van der Waals surface area contributed by atoms with Crippen molar-refractivity contribution in [2.45, 2.75) is 45.5 Å². The number of nitrogens with two attached hydrogens (primary N) is 1. The predicted octanol–water partition coefficient (Wildman–Crippen LogP) is 3.53. The van der Waals surface area contributed by atoms with E-state index < -0.39 is 17.8 Å². The van der Waals surface area contributed by atoms with E-state index in [-0.39, 0.29) is 24.2 Å².